The molecule has 2 aromatic rings. The van der Waals surface area contributed by atoms with Gasteiger partial charge in [-0.3, -0.25) is 0 Å². The number of aromatic nitrogens is 1. The first-order valence-corrected chi connectivity index (χ1v) is 6.68. The minimum absolute atomic E-state index is 0.299. The summed E-state index contributed by atoms with van der Waals surface area (Å²) in [7, 11) is 0. The number of hydrogen-bond acceptors (Lipinski definition) is 4. The molecule has 1 atom stereocenters. The third-order valence-corrected chi connectivity index (χ3v) is 3.65. The second kappa shape index (κ2) is 4.75. The molecular weight excluding hydrogens is 258 g/mol. The Hall–Kier alpha value is -1.72. The molecule has 1 aromatic carbocycles. The predicted octanol–water partition coefficient (Wildman–Crippen LogP) is 1.44. The first kappa shape index (κ1) is 12.3. The van der Waals surface area contributed by atoms with Crippen molar-refractivity contribution in [3.8, 4) is 0 Å². The van der Waals surface area contributed by atoms with Crippen LogP contribution in [-0.4, -0.2) is 34.3 Å². The molecule has 1 aliphatic heterocycles. The van der Waals surface area contributed by atoms with Crippen LogP contribution in [0, 0.1) is 0 Å². The molecule has 0 spiro atoms. The van der Waals surface area contributed by atoms with Gasteiger partial charge in [0.15, 0.2) is 0 Å². The number of aliphatic hydroxyl groups excluding tert-OH is 1. The molecule has 0 amide bonds. The molecule has 1 saturated heterocycles. The Labute approximate surface area is 116 Å². The molecule has 0 saturated carbocycles. The lowest BCUT2D eigenvalue weighted by Gasteiger charge is -2.20. The third kappa shape index (κ3) is 2.27. The predicted molar refractivity (Wildman–Crippen MR) is 80.5 cm³/mol. The molecule has 19 heavy (non-hydrogen) atoms. The van der Waals surface area contributed by atoms with Crippen LogP contribution in [0.1, 0.15) is 12.0 Å². The molecule has 2 heterocycles. The van der Waals surface area contributed by atoms with Gasteiger partial charge in [0.1, 0.15) is 10.8 Å². The first-order chi connectivity index (χ1) is 9.15. The second-order valence-corrected chi connectivity index (χ2v) is 5.24. The maximum absolute atomic E-state index is 9.67. The summed E-state index contributed by atoms with van der Waals surface area (Å²) in [6, 6.07) is 9.86. The Bertz CT molecular complexity index is 644. The average molecular weight is 273 g/mol. The molecule has 4 nitrogen and oxygen atoms in total. The van der Waals surface area contributed by atoms with Gasteiger partial charge in [0.2, 0.25) is 0 Å². The summed E-state index contributed by atoms with van der Waals surface area (Å²) in [5.41, 5.74) is 7.51. The van der Waals surface area contributed by atoms with E-state index in [1.165, 1.54) is 0 Å². The van der Waals surface area contributed by atoms with E-state index in [-0.39, 0.29) is 6.10 Å². The van der Waals surface area contributed by atoms with Crippen LogP contribution in [0.25, 0.3) is 10.9 Å². The summed E-state index contributed by atoms with van der Waals surface area (Å²) in [6.45, 7) is 1.36. The fourth-order valence-corrected chi connectivity index (χ4v) is 2.61. The second-order valence-electron chi connectivity index (χ2n) is 4.81. The van der Waals surface area contributed by atoms with Crippen molar-refractivity contribution in [1.82, 2.24) is 4.98 Å². The molecule has 1 fully saturated rings. The van der Waals surface area contributed by atoms with Crippen molar-refractivity contribution in [3.63, 3.8) is 0 Å². The van der Waals surface area contributed by atoms with Gasteiger partial charge in [-0.15, -0.1) is 0 Å². The summed E-state index contributed by atoms with van der Waals surface area (Å²) in [5, 5.41) is 10.7. The Morgan fingerprint density at radius 1 is 1.42 bits per heavy atom. The Balaban J connectivity index is 2.15. The van der Waals surface area contributed by atoms with Crippen LogP contribution in [0.3, 0.4) is 0 Å². The van der Waals surface area contributed by atoms with Crippen LogP contribution in [0.15, 0.2) is 30.3 Å². The number of pyridine rings is 1. The number of para-hydroxylation sites is 1. The van der Waals surface area contributed by atoms with Crippen molar-refractivity contribution in [2.45, 2.75) is 12.5 Å². The summed E-state index contributed by atoms with van der Waals surface area (Å²) in [4.78, 5) is 7.05. The van der Waals surface area contributed by atoms with Crippen molar-refractivity contribution >= 4 is 33.9 Å². The van der Waals surface area contributed by atoms with E-state index in [1.54, 1.807) is 0 Å². The van der Waals surface area contributed by atoms with E-state index in [0.717, 1.165) is 35.2 Å². The van der Waals surface area contributed by atoms with E-state index in [2.05, 4.69) is 4.98 Å². The van der Waals surface area contributed by atoms with Crippen LogP contribution in [-0.2, 0) is 0 Å². The van der Waals surface area contributed by atoms with Gasteiger partial charge in [0.25, 0.3) is 0 Å². The third-order valence-electron chi connectivity index (χ3n) is 3.43. The number of thiocarbonyl (C=S) groups is 1. The minimum atomic E-state index is -0.299. The largest absolute Gasteiger partial charge is 0.391 e. The number of nitrogens with zero attached hydrogens (tertiary/aromatic N) is 2. The molecule has 1 aliphatic rings. The smallest absolute Gasteiger partial charge is 0.139 e. The monoisotopic (exact) mass is 273 g/mol. The molecule has 3 N–H and O–H groups in total. The minimum Gasteiger partial charge on any atom is -0.391 e. The summed E-state index contributed by atoms with van der Waals surface area (Å²) < 4.78 is 0. The Morgan fingerprint density at radius 2 is 2.21 bits per heavy atom. The van der Waals surface area contributed by atoms with E-state index in [0.29, 0.717) is 11.5 Å². The summed E-state index contributed by atoms with van der Waals surface area (Å²) in [5.74, 6) is 0.780. The maximum Gasteiger partial charge on any atom is 0.139 e. The average Bonchev–Trinajstić information content (AvgIpc) is 2.83. The topological polar surface area (TPSA) is 62.4 Å². The normalized spacial score (nSPS) is 19.0. The number of benzene rings is 1. The van der Waals surface area contributed by atoms with Crippen LogP contribution in [0.4, 0.5) is 5.82 Å². The maximum atomic E-state index is 9.67. The zero-order valence-corrected chi connectivity index (χ0v) is 11.2. The fourth-order valence-electron chi connectivity index (χ4n) is 2.46. The quantitative estimate of drug-likeness (QED) is 0.811. The molecule has 0 radical (unpaired) electrons. The molecule has 5 heteroatoms. The van der Waals surface area contributed by atoms with E-state index in [1.807, 2.05) is 35.2 Å². The van der Waals surface area contributed by atoms with Gasteiger partial charge in [-0.2, -0.15) is 0 Å². The molecule has 98 valence electrons. The highest BCUT2D eigenvalue weighted by molar-refractivity contribution is 7.80. The van der Waals surface area contributed by atoms with Gasteiger partial charge in [-0.1, -0.05) is 30.4 Å². The lowest BCUT2D eigenvalue weighted by Crippen LogP contribution is -2.26. The van der Waals surface area contributed by atoms with Crippen molar-refractivity contribution in [2.75, 3.05) is 18.0 Å². The van der Waals surface area contributed by atoms with Crippen molar-refractivity contribution in [1.29, 1.82) is 0 Å². The van der Waals surface area contributed by atoms with Crippen molar-refractivity contribution < 1.29 is 5.11 Å². The Morgan fingerprint density at radius 3 is 2.89 bits per heavy atom. The number of nitrogens with two attached hydrogens (primary N) is 1. The van der Waals surface area contributed by atoms with E-state index >= 15 is 0 Å². The van der Waals surface area contributed by atoms with E-state index in [4.69, 9.17) is 18.0 Å². The van der Waals surface area contributed by atoms with Gasteiger partial charge in [-0.05, 0) is 18.6 Å². The van der Waals surface area contributed by atoms with Gasteiger partial charge in [0.05, 0.1) is 17.2 Å². The van der Waals surface area contributed by atoms with E-state index < -0.39 is 0 Å². The molecule has 1 unspecified atom stereocenters. The number of fused-ring (bicyclic) bond motifs is 1. The van der Waals surface area contributed by atoms with Crippen LogP contribution < -0.4 is 10.6 Å². The summed E-state index contributed by atoms with van der Waals surface area (Å²) in [6.07, 6.45) is 0.457. The lowest BCUT2D eigenvalue weighted by molar-refractivity contribution is 0.198. The molecular formula is C14H15N3OS. The standard InChI is InChI=1S/C14H15N3OS/c15-13(19)11-7-9-3-1-2-4-12(9)16-14(11)17-6-5-10(18)8-17/h1-4,7,10,18H,5-6,8H2,(H2,15,19). The Kier molecular flexibility index (Phi) is 3.08. The van der Waals surface area contributed by atoms with Crippen molar-refractivity contribution in [2.24, 2.45) is 5.73 Å². The number of anilines is 1. The number of hydrogen-bond donors (Lipinski definition) is 2. The van der Waals surface area contributed by atoms with Gasteiger partial charge >= 0.3 is 0 Å². The van der Waals surface area contributed by atoms with E-state index in [9.17, 15) is 5.11 Å². The number of β-amino-alcohol motifs (C(OH)–C–C–N with tert-alkyl or cyclic N) is 1. The number of aliphatic hydroxyl groups is 1. The van der Waals surface area contributed by atoms with Crippen LogP contribution in [0.5, 0.6) is 0 Å². The SMILES string of the molecule is NC(=S)c1cc2ccccc2nc1N1CCC(O)C1. The number of rotatable bonds is 2. The van der Waals surface area contributed by atoms with Gasteiger partial charge < -0.3 is 15.7 Å². The molecule has 1 aromatic heterocycles. The highest BCUT2D eigenvalue weighted by Crippen LogP contribution is 2.26. The highest BCUT2D eigenvalue weighted by atomic mass is 32.1. The van der Waals surface area contributed by atoms with Crippen LogP contribution >= 0.6 is 12.2 Å². The molecule has 0 aliphatic carbocycles. The zero-order chi connectivity index (χ0) is 13.4. The van der Waals surface area contributed by atoms with Crippen LogP contribution in [0.2, 0.25) is 0 Å². The fraction of sp³-hybridized carbons (Fsp3) is 0.286. The summed E-state index contributed by atoms with van der Waals surface area (Å²) >= 11 is 5.13. The van der Waals surface area contributed by atoms with Gasteiger partial charge in [-0.25, -0.2) is 4.98 Å². The van der Waals surface area contributed by atoms with Gasteiger partial charge in [0, 0.05) is 18.5 Å². The first-order valence-electron chi connectivity index (χ1n) is 6.28. The molecule has 3 rings (SSSR count). The zero-order valence-electron chi connectivity index (χ0n) is 10.4. The lowest BCUT2D eigenvalue weighted by atomic mass is 10.1. The van der Waals surface area contributed by atoms with Crippen molar-refractivity contribution in [3.05, 3.63) is 35.9 Å². The molecule has 0 bridgehead atoms. The highest BCUT2D eigenvalue weighted by Gasteiger charge is 2.24.